The second-order valence-corrected chi connectivity index (χ2v) is 8.94. The van der Waals surface area contributed by atoms with Gasteiger partial charge in [0, 0.05) is 32.3 Å². The molecule has 0 radical (unpaired) electrons. The van der Waals surface area contributed by atoms with Crippen LogP contribution in [0.2, 0.25) is 5.02 Å². The predicted octanol–water partition coefficient (Wildman–Crippen LogP) is 5.21. The number of alkyl halides is 5. The van der Waals surface area contributed by atoms with Gasteiger partial charge in [0.25, 0.3) is 5.91 Å². The lowest BCUT2D eigenvalue weighted by Crippen LogP contribution is -2.33. The van der Waals surface area contributed by atoms with Gasteiger partial charge in [0.1, 0.15) is 5.65 Å². The third-order valence-corrected chi connectivity index (χ3v) is 6.43. The molecule has 2 fully saturated rings. The van der Waals surface area contributed by atoms with Gasteiger partial charge in [-0.2, -0.15) is 13.2 Å². The summed E-state index contributed by atoms with van der Waals surface area (Å²) in [6.45, 7) is 1.01. The number of carbonyl (C=O) groups excluding carboxylic acids is 1. The molecule has 0 spiro atoms. The van der Waals surface area contributed by atoms with Gasteiger partial charge < -0.3 is 9.14 Å². The summed E-state index contributed by atoms with van der Waals surface area (Å²) in [5, 5.41) is -0.0851. The second-order valence-electron chi connectivity index (χ2n) is 8.53. The molecule has 1 saturated heterocycles. The molecule has 2 aliphatic rings. The maximum absolute atomic E-state index is 13.7. The largest absolute Gasteiger partial charge is 0.435 e. The van der Waals surface area contributed by atoms with E-state index in [1.807, 2.05) is 0 Å². The summed E-state index contributed by atoms with van der Waals surface area (Å²) < 4.78 is 74.5. The zero-order chi connectivity index (χ0) is 23.8. The van der Waals surface area contributed by atoms with Gasteiger partial charge in [-0.3, -0.25) is 9.63 Å². The van der Waals surface area contributed by atoms with Crippen LogP contribution in [0.1, 0.15) is 60.3 Å². The lowest BCUT2D eigenvalue weighted by molar-refractivity contribution is -0.141. The van der Waals surface area contributed by atoms with Crippen molar-refractivity contribution in [2.45, 2.75) is 63.1 Å². The molecule has 0 atom stereocenters. The van der Waals surface area contributed by atoms with E-state index < -0.39 is 23.7 Å². The van der Waals surface area contributed by atoms with Crippen LogP contribution >= 0.6 is 11.6 Å². The number of rotatable bonds is 5. The van der Waals surface area contributed by atoms with Crippen LogP contribution in [-0.2, 0) is 22.2 Å². The number of imidazole rings is 1. The van der Waals surface area contributed by atoms with Crippen LogP contribution in [0, 0.1) is 5.92 Å². The molecular weight excluding hydrogens is 473 g/mol. The van der Waals surface area contributed by atoms with E-state index in [1.165, 1.54) is 16.7 Å². The summed E-state index contributed by atoms with van der Waals surface area (Å²) in [4.78, 5) is 21.6. The average molecular weight is 496 g/mol. The number of fused-ring (bicyclic) bond motifs is 1. The van der Waals surface area contributed by atoms with Gasteiger partial charge in [0.15, 0.2) is 5.69 Å². The van der Waals surface area contributed by atoms with E-state index in [0.717, 1.165) is 0 Å². The Morgan fingerprint density at radius 1 is 1.24 bits per heavy atom. The highest BCUT2D eigenvalue weighted by Crippen LogP contribution is 2.40. The summed E-state index contributed by atoms with van der Waals surface area (Å²) in [6.07, 6.45) is -3.12. The minimum absolute atomic E-state index is 0.0686. The first kappa shape index (κ1) is 24.2. The zero-order valence-electron chi connectivity index (χ0n) is 17.6. The number of amides is 1. The third-order valence-electron chi connectivity index (χ3n) is 6.13. The third kappa shape index (κ3) is 5.58. The van der Waals surface area contributed by atoms with Gasteiger partial charge in [0.2, 0.25) is 5.92 Å². The number of hydroxylamine groups is 1. The summed E-state index contributed by atoms with van der Waals surface area (Å²) in [6, 6.07) is 1.17. The van der Waals surface area contributed by atoms with E-state index in [-0.39, 0.29) is 66.1 Å². The molecule has 0 aromatic carbocycles. The normalized spacial score (nSPS) is 20.3. The van der Waals surface area contributed by atoms with Crippen molar-refractivity contribution in [3.05, 3.63) is 34.2 Å². The number of hydrogen-bond acceptors (Lipinski definition) is 4. The van der Waals surface area contributed by atoms with Gasteiger partial charge in [-0.15, -0.1) is 0 Å². The molecule has 2 aromatic rings. The van der Waals surface area contributed by atoms with Crippen molar-refractivity contribution in [1.29, 1.82) is 0 Å². The Bertz CT molecular complexity index is 1010. The first-order chi connectivity index (χ1) is 15.5. The summed E-state index contributed by atoms with van der Waals surface area (Å²) in [7, 11) is 0. The van der Waals surface area contributed by atoms with E-state index >= 15 is 0 Å². The van der Waals surface area contributed by atoms with Crippen LogP contribution in [-0.4, -0.2) is 40.5 Å². The molecule has 1 N–H and O–H groups in total. The fourth-order valence-corrected chi connectivity index (χ4v) is 4.51. The molecule has 1 aliphatic carbocycles. The van der Waals surface area contributed by atoms with Crippen molar-refractivity contribution in [2.24, 2.45) is 5.92 Å². The van der Waals surface area contributed by atoms with Crippen LogP contribution in [0.25, 0.3) is 5.65 Å². The van der Waals surface area contributed by atoms with Crippen molar-refractivity contribution < 1.29 is 36.3 Å². The average Bonchev–Trinajstić information content (AvgIpc) is 3.11. The SMILES string of the molecule is O=C(NOC1CCOCC1)c1cc2nc(C(F)(F)F)c(CC3CCC(F)(F)CC3)n2cc1Cl. The smallest absolute Gasteiger partial charge is 0.381 e. The number of nitrogens with one attached hydrogen (secondary N) is 1. The fourth-order valence-electron chi connectivity index (χ4n) is 4.27. The van der Waals surface area contributed by atoms with Gasteiger partial charge in [-0.25, -0.2) is 19.2 Å². The van der Waals surface area contributed by atoms with Crippen LogP contribution in [0.15, 0.2) is 12.3 Å². The van der Waals surface area contributed by atoms with E-state index in [9.17, 15) is 26.7 Å². The molecule has 182 valence electrons. The first-order valence-corrected chi connectivity index (χ1v) is 11.1. The van der Waals surface area contributed by atoms with E-state index in [1.54, 1.807) is 0 Å². The number of ether oxygens (including phenoxy) is 1. The quantitative estimate of drug-likeness (QED) is 0.456. The van der Waals surface area contributed by atoms with Gasteiger partial charge >= 0.3 is 6.18 Å². The Hall–Kier alpha value is -1.98. The predicted molar refractivity (Wildman–Crippen MR) is 108 cm³/mol. The van der Waals surface area contributed by atoms with Crippen molar-refractivity contribution in [2.75, 3.05) is 13.2 Å². The molecule has 0 unspecified atom stereocenters. The van der Waals surface area contributed by atoms with E-state index in [2.05, 4.69) is 10.5 Å². The first-order valence-electron chi connectivity index (χ1n) is 10.7. The monoisotopic (exact) mass is 495 g/mol. The van der Waals surface area contributed by atoms with Crippen LogP contribution in [0.4, 0.5) is 22.0 Å². The number of aromatic nitrogens is 2. The van der Waals surface area contributed by atoms with Gasteiger partial charge in [-0.05, 0) is 44.1 Å². The molecule has 4 rings (SSSR count). The minimum atomic E-state index is -4.75. The molecule has 2 aromatic heterocycles. The number of carbonyl (C=O) groups is 1. The maximum Gasteiger partial charge on any atom is 0.435 e. The van der Waals surface area contributed by atoms with Crippen molar-refractivity contribution >= 4 is 23.2 Å². The highest BCUT2D eigenvalue weighted by molar-refractivity contribution is 6.33. The van der Waals surface area contributed by atoms with Crippen LogP contribution in [0.3, 0.4) is 0 Å². The maximum atomic E-state index is 13.7. The minimum Gasteiger partial charge on any atom is -0.381 e. The summed E-state index contributed by atoms with van der Waals surface area (Å²) in [5.74, 6) is -3.82. The molecule has 6 nitrogen and oxygen atoms in total. The lowest BCUT2D eigenvalue weighted by atomic mass is 9.83. The Morgan fingerprint density at radius 2 is 1.91 bits per heavy atom. The van der Waals surface area contributed by atoms with Crippen molar-refractivity contribution in [3.8, 4) is 0 Å². The van der Waals surface area contributed by atoms with Crippen LogP contribution < -0.4 is 5.48 Å². The zero-order valence-corrected chi connectivity index (χ0v) is 18.3. The molecule has 1 amide bonds. The lowest BCUT2D eigenvalue weighted by Gasteiger charge is -2.28. The summed E-state index contributed by atoms with van der Waals surface area (Å²) >= 11 is 6.23. The Labute approximate surface area is 191 Å². The van der Waals surface area contributed by atoms with Crippen molar-refractivity contribution in [3.63, 3.8) is 0 Å². The Kier molecular flexibility index (Phi) is 6.84. The molecule has 12 heteroatoms. The van der Waals surface area contributed by atoms with Gasteiger partial charge in [-0.1, -0.05) is 11.6 Å². The second kappa shape index (κ2) is 9.34. The molecular formula is C21H23ClF5N3O3. The number of pyridine rings is 1. The number of hydrogen-bond donors (Lipinski definition) is 1. The van der Waals surface area contributed by atoms with Crippen LogP contribution in [0.5, 0.6) is 0 Å². The van der Waals surface area contributed by atoms with Gasteiger partial charge in [0.05, 0.1) is 22.4 Å². The van der Waals surface area contributed by atoms with E-state index in [4.69, 9.17) is 21.2 Å². The number of halogens is 6. The topological polar surface area (TPSA) is 64.9 Å². The fraction of sp³-hybridized carbons (Fsp3) is 0.619. The summed E-state index contributed by atoms with van der Waals surface area (Å²) in [5.41, 5.74) is 0.836. The van der Waals surface area contributed by atoms with Crippen molar-refractivity contribution in [1.82, 2.24) is 14.9 Å². The molecule has 1 aliphatic heterocycles. The molecule has 0 bridgehead atoms. The molecule has 3 heterocycles. The highest BCUT2D eigenvalue weighted by atomic mass is 35.5. The standard InChI is InChI=1S/C21H23ClF5N3O3/c22-15-11-30-16(9-12-1-5-20(23,24)6-2-12)18(21(25,26)27)28-17(30)10-14(15)19(31)29-33-13-3-7-32-8-4-13/h10-13H,1-9H2,(H,29,31). The Morgan fingerprint density at radius 3 is 2.55 bits per heavy atom. The highest BCUT2D eigenvalue weighted by Gasteiger charge is 2.40. The molecule has 1 saturated carbocycles. The Balaban J connectivity index is 1.59. The number of nitrogens with zero attached hydrogens (tertiary/aromatic N) is 2. The molecule has 33 heavy (non-hydrogen) atoms. The van der Waals surface area contributed by atoms with E-state index in [0.29, 0.717) is 26.1 Å².